The van der Waals surface area contributed by atoms with E-state index in [1.807, 2.05) is 19.1 Å². The molecule has 10 nitrogen and oxygen atoms in total. The van der Waals surface area contributed by atoms with Crippen LogP contribution in [0, 0.1) is 0 Å². The number of nitrogens with two attached hydrogens (primary N) is 1. The number of amides is 2. The van der Waals surface area contributed by atoms with Crippen molar-refractivity contribution in [3.05, 3.63) is 58.5 Å². The third kappa shape index (κ3) is 6.79. The monoisotopic (exact) mass is 516 g/mol. The summed E-state index contributed by atoms with van der Waals surface area (Å²) in [6, 6.07) is 8.99. The second-order valence-electron chi connectivity index (χ2n) is 9.15. The molecule has 0 atom stereocenters. The van der Waals surface area contributed by atoms with Crippen LogP contribution in [-0.4, -0.2) is 47.2 Å². The molecule has 11 heteroatoms. The number of nitrogens with zero attached hydrogens (tertiary/aromatic N) is 3. The molecule has 36 heavy (non-hydrogen) atoms. The number of ether oxygens (including phenoxy) is 2. The Hall–Kier alpha value is -3.50. The number of pyridine rings is 1. The van der Waals surface area contributed by atoms with E-state index in [0.29, 0.717) is 46.5 Å². The molecule has 0 saturated heterocycles. The third-order valence-corrected chi connectivity index (χ3v) is 5.46. The van der Waals surface area contributed by atoms with Gasteiger partial charge in [-0.25, -0.2) is 15.6 Å². The highest BCUT2D eigenvalue weighted by atomic mass is 35.5. The summed E-state index contributed by atoms with van der Waals surface area (Å²) in [5.74, 6) is 6.48. The number of methoxy groups -OCH3 is 1. The molecule has 0 aliphatic rings. The van der Waals surface area contributed by atoms with Crippen molar-refractivity contribution < 1.29 is 19.1 Å². The zero-order valence-corrected chi connectivity index (χ0v) is 22.0. The molecular formula is C25H33ClN6O4. The largest absolute Gasteiger partial charge is 0.495 e. The Bertz CT molecular complexity index is 1240. The number of alkyl carbamates (subject to hydrolysis) is 1. The first kappa shape index (κ1) is 27.1. The predicted octanol–water partition coefficient (Wildman–Crippen LogP) is 3.69. The highest BCUT2D eigenvalue weighted by Gasteiger charge is 2.19. The minimum atomic E-state index is -0.572. The smallest absolute Gasteiger partial charge is 0.407 e. The number of aromatic nitrogens is 2. The molecule has 2 aromatic heterocycles. The molecule has 3 rings (SSSR count). The van der Waals surface area contributed by atoms with Gasteiger partial charge in [-0.15, -0.1) is 0 Å². The number of imidazole rings is 1. The zero-order valence-electron chi connectivity index (χ0n) is 21.2. The van der Waals surface area contributed by atoms with E-state index in [-0.39, 0.29) is 19.0 Å². The fourth-order valence-corrected chi connectivity index (χ4v) is 3.76. The van der Waals surface area contributed by atoms with Gasteiger partial charge in [-0.2, -0.15) is 0 Å². The van der Waals surface area contributed by atoms with Gasteiger partial charge in [0.1, 0.15) is 22.7 Å². The van der Waals surface area contributed by atoms with E-state index in [4.69, 9.17) is 26.9 Å². The molecule has 0 fully saturated rings. The Kier molecular flexibility index (Phi) is 8.65. The van der Waals surface area contributed by atoms with Crippen molar-refractivity contribution in [1.29, 1.82) is 0 Å². The van der Waals surface area contributed by atoms with Crippen molar-refractivity contribution in [1.82, 2.24) is 20.0 Å². The molecule has 0 aliphatic heterocycles. The number of fused-ring (bicyclic) bond motifs is 1. The average Bonchev–Trinajstić information content (AvgIpc) is 3.18. The summed E-state index contributed by atoms with van der Waals surface area (Å²) in [7, 11) is 1.55. The van der Waals surface area contributed by atoms with E-state index in [2.05, 4.69) is 15.6 Å². The molecule has 2 amide bonds. The number of halogens is 1. The Balaban J connectivity index is 1.64. The normalized spacial score (nSPS) is 11.3. The first-order valence-corrected chi connectivity index (χ1v) is 12.0. The molecule has 0 unspecified atom stereocenters. The summed E-state index contributed by atoms with van der Waals surface area (Å²) < 4.78 is 12.4. The second-order valence-corrected chi connectivity index (χ2v) is 9.58. The maximum atomic E-state index is 13.1. The van der Waals surface area contributed by atoms with Crippen molar-refractivity contribution in [3.8, 4) is 5.75 Å². The molecule has 3 aromatic rings. The van der Waals surface area contributed by atoms with Crippen molar-refractivity contribution >= 4 is 34.9 Å². The van der Waals surface area contributed by atoms with Crippen LogP contribution in [0.2, 0.25) is 5.02 Å². The first-order chi connectivity index (χ1) is 17.0. The Labute approximate surface area is 215 Å². The van der Waals surface area contributed by atoms with Crippen molar-refractivity contribution in [3.63, 3.8) is 0 Å². The van der Waals surface area contributed by atoms with Gasteiger partial charge in [0.15, 0.2) is 0 Å². The number of anilines is 1. The summed E-state index contributed by atoms with van der Waals surface area (Å²) in [4.78, 5) is 29.4. The topological polar surface area (TPSA) is 123 Å². The maximum absolute atomic E-state index is 13.1. The first-order valence-electron chi connectivity index (χ1n) is 11.6. The van der Waals surface area contributed by atoms with E-state index in [1.54, 1.807) is 56.7 Å². The Morgan fingerprint density at radius 1 is 1.19 bits per heavy atom. The maximum Gasteiger partial charge on any atom is 0.407 e. The van der Waals surface area contributed by atoms with Crippen molar-refractivity contribution in [2.24, 2.45) is 5.84 Å². The summed E-state index contributed by atoms with van der Waals surface area (Å²) >= 11 is 6.13. The number of benzene rings is 1. The van der Waals surface area contributed by atoms with Gasteiger partial charge >= 0.3 is 6.09 Å². The van der Waals surface area contributed by atoms with E-state index >= 15 is 0 Å². The number of hydrogen-bond acceptors (Lipinski definition) is 7. The van der Waals surface area contributed by atoms with Gasteiger partial charge in [-0.05, 0) is 57.0 Å². The van der Waals surface area contributed by atoms with Gasteiger partial charge in [0, 0.05) is 19.3 Å². The number of hydrogen-bond donors (Lipinski definition) is 3. The van der Waals surface area contributed by atoms with Gasteiger partial charge in [-0.1, -0.05) is 24.6 Å². The Morgan fingerprint density at radius 3 is 2.61 bits per heavy atom. The molecule has 0 radical (unpaired) electrons. The SMILES string of the molecule is CCc1nc2ccc(Cl)cn2c1C(=O)NCc1ccc(N(N)CCNC(=O)OC(C)(C)C)c(OC)c1. The average molecular weight is 517 g/mol. The standard InChI is InChI=1S/C25H33ClN6O4/c1-6-18-22(31-15-17(26)8-10-21(31)30-18)23(33)29-14-16-7-9-19(20(13-16)35-5)32(27)12-11-28-24(34)36-25(2,3)4/h7-10,13,15H,6,11-12,14,27H2,1-5H3,(H,28,34)(H,29,33). The molecule has 2 heterocycles. The number of rotatable bonds is 9. The molecule has 4 N–H and O–H groups in total. The van der Waals surface area contributed by atoms with Gasteiger partial charge in [0.25, 0.3) is 5.91 Å². The zero-order chi connectivity index (χ0) is 26.5. The Morgan fingerprint density at radius 2 is 1.94 bits per heavy atom. The lowest BCUT2D eigenvalue weighted by Gasteiger charge is -2.23. The highest BCUT2D eigenvalue weighted by Crippen LogP contribution is 2.28. The van der Waals surface area contributed by atoms with Crippen LogP contribution < -0.4 is 26.2 Å². The van der Waals surface area contributed by atoms with Crippen LogP contribution in [0.1, 0.15) is 49.4 Å². The van der Waals surface area contributed by atoms with Crippen molar-refractivity contribution in [2.75, 3.05) is 25.2 Å². The van der Waals surface area contributed by atoms with Crippen LogP contribution in [0.25, 0.3) is 5.65 Å². The number of hydrazine groups is 1. The lowest BCUT2D eigenvalue weighted by atomic mass is 10.1. The number of nitrogens with one attached hydrogen (secondary N) is 2. The fraction of sp³-hybridized carbons (Fsp3) is 0.400. The van der Waals surface area contributed by atoms with Crippen LogP contribution in [0.5, 0.6) is 5.75 Å². The fourth-order valence-electron chi connectivity index (χ4n) is 3.60. The predicted molar refractivity (Wildman–Crippen MR) is 140 cm³/mol. The van der Waals surface area contributed by atoms with Crippen LogP contribution >= 0.6 is 11.6 Å². The highest BCUT2D eigenvalue weighted by molar-refractivity contribution is 6.30. The molecule has 194 valence electrons. The van der Waals surface area contributed by atoms with Crippen LogP contribution in [-0.2, 0) is 17.7 Å². The summed E-state index contributed by atoms with van der Waals surface area (Å²) in [5, 5.41) is 7.62. The summed E-state index contributed by atoms with van der Waals surface area (Å²) in [6.45, 7) is 8.24. The van der Waals surface area contributed by atoms with Crippen molar-refractivity contribution in [2.45, 2.75) is 46.3 Å². The van der Waals surface area contributed by atoms with Crippen LogP contribution in [0.4, 0.5) is 10.5 Å². The van der Waals surface area contributed by atoms with E-state index in [1.165, 1.54) is 5.01 Å². The van der Waals surface area contributed by atoms with E-state index < -0.39 is 11.7 Å². The number of carbonyl (C=O) groups excluding carboxylic acids is 2. The lowest BCUT2D eigenvalue weighted by Crippen LogP contribution is -2.41. The molecule has 0 bridgehead atoms. The second kappa shape index (κ2) is 11.5. The lowest BCUT2D eigenvalue weighted by molar-refractivity contribution is 0.0529. The van der Waals surface area contributed by atoms with Crippen LogP contribution in [0.15, 0.2) is 36.5 Å². The molecule has 1 aromatic carbocycles. The van der Waals surface area contributed by atoms with Crippen LogP contribution in [0.3, 0.4) is 0 Å². The third-order valence-electron chi connectivity index (χ3n) is 5.23. The minimum absolute atomic E-state index is 0.252. The van der Waals surface area contributed by atoms with Gasteiger partial charge in [0.05, 0.1) is 30.1 Å². The molecular weight excluding hydrogens is 484 g/mol. The molecule has 0 aliphatic carbocycles. The van der Waals surface area contributed by atoms with Gasteiger partial charge in [0.2, 0.25) is 0 Å². The van der Waals surface area contributed by atoms with E-state index in [9.17, 15) is 9.59 Å². The molecule has 0 saturated carbocycles. The number of aryl methyl sites for hydroxylation is 1. The van der Waals surface area contributed by atoms with E-state index in [0.717, 1.165) is 5.56 Å². The minimum Gasteiger partial charge on any atom is -0.495 e. The van der Waals surface area contributed by atoms with Gasteiger partial charge < -0.3 is 25.1 Å². The number of carbonyl (C=O) groups is 2. The molecule has 0 spiro atoms. The summed E-state index contributed by atoms with van der Waals surface area (Å²) in [6.07, 6.45) is 1.79. The summed E-state index contributed by atoms with van der Waals surface area (Å²) in [5.41, 5.74) is 2.72. The van der Waals surface area contributed by atoms with Gasteiger partial charge in [-0.3, -0.25) is 9.20 Å². The quantitative estimate of drug-likeness (QED) is 0.292.